The molecule has 0 spiro atoms. The topological polar surface area (TPSA) is 80.7 Å². The summed E-state index contributed by atoms with van der Waals surface area (Å²) in [6, 6.07) is 3.86. The molecule has 1 fully saturated rings. The van der Waals surface area contributed by atoms with Crippen LogP contribution in [0.2, 0.25) is 0 Å². The molecule has 1 saturated heterocycles. The number of carbonyl (C=O) groups is 1. The number of furan rings is 1. The molecule has 1 aliphatic rings. The van der Waals surface area contributed by atoms with Gasteiger partial charge in [0.05, 0.1) is 19.8 Å². The standard InChI is InChI=1S/C12H19N3O3/c1-2-9-8-17-6-5-15(9)7-10-3-4-11(18-10)12(16)14-13/h3-4,9H,2,5-8,13H2,1H3,(H,14,16). The Morgan fingerprint density at radius 1 is 1.61 bits per heavy atom. The molecule has 6 heteroatoms. The fourth-order valence-corrected chi connectivity index (χ4v) is 2.13. The molecule has 0 aliphatic carbocycles. The number of nitrogen functional groups attached to an aromatic ring is 1. The lowest BCUT2D eigenvalue weighted by atomic mass is 10.1. The number of ether oxygens (including phenoxy) is 1. The van der Waals surface area contributed by atoms with Gasteiger partial charge in [-0.25, -0.2) is 5.84 Å². The van der Waals surface area contributed by atoms with E-state index >= 15 is 0 Å². The van der Waals surface area contributed by atoms with Gasteiger partial charge in [-0.15, -0.1) is 0 Å². The average molecular weight is 253 g/mol. The minimum Gasteiger partial charge on any atom is -0.455 e. The first-order valence-electron chi connectivity index (χ1n) is 6.16. The number of amides is 1. The maximum atomic E-state index is 11.3. The van der Waals surface area contributed by atoms with Crippen LogP contribution >= 0.6 is 0 Å². The van der Waals surface area contributed by atoms with Crippen LogP contribution in [0.5, 0.6) is 0 Å². The largest absolute Gasteiger partial charge is 0.455 e. The second-order valence-corrected chi connectivity index (χ2v) is 4.35. The Balaban J connectivity index is 1.99. The van der Waals surface area contributed by atoms with E-state index in [0.717, 1.165) is 31.9 Å². The van der Waals surface area contributed by atoms with Gasteiger partial charge >= 0.3 is 5.91 Å². The minimum atomic E-state index is -0.407. The first-order chi connectivity index (χ1) is 8.74. The summed E-state index contributed by atoms with van der Waals surface area (Å²) < 4.78 is 10.9. The van der Waals surface area contributed by atoms with E-state index in [2.05, 4.69) is 17.2 Å². The summed E-state index contributed by atoms with van der Waals surface area (Å²) in [5.74, 6) is 5.66. The van der Waals surface area contributed by atoms with Crippen molar-refractivity contribution >= 4 is 5.91 Å². The fourth-order valence-electron chi connectivity index (χ4n) is 2.13. The normalized spacial score (nSPS) is 20.9. The van der Waals surface area contributed by atoms with Gasteiger partial charge in [0, 0.05) is 12.6 Å². The Morgan fingerprint density at radius 2 is 2.44 bits per heavy atom. The van der Waals surface area contributed by atoms with Crippen LogP contribution in [0.25, 0.3) is 0 Å². The van der Waals surface area contributed by atoms with Crippen molar-refractivity contribution in [3.8, 4) is 0 Å². The van der Waals surface area contributed by atoms with E-state index in [1.54, 1.807) is 6.07 Å². The third-order valence-electron chi connectivity index (χ3n) is 3.20. The maximum Gasteiger partial charge on any atom is 0.300 e. The summed E-state index contributed by atoms with van der Waals surface area (Å²) in [5, 5.41) is 0. The molecule has 0 bridgehead atoms. The van der Waals surface area contributed by atoms with Gasteiger partial charge in [-0.2, -0.15) is 0 Å². The second kappa shape index (κ2) is 5.99. The van der Waals surface area contributed by atoms with E-state index in [1.807, 2.05) is 6.07 Å². The van der Waals surface area contributed by atoms with E-state index in [0.29, 0.717) is 12.6 Å². The number of nitrogens with zero attached hydrogens (tertiary/aromatic N) is 1. The predicted octanol–water partition coefficient (Wildman–Crippen LogP) is 0.494. The Bertz CT molecular complexity index is 405. The first kappa shape index (κ1) is 13.1. The zero-order valence-corrected chi connectivity index (χ0v) is 10.5. The number of nitrogens with two attached hydrogens (primary N) is 1. The van der Waals surface area contributed by atoms with Crippen LogP contribution in [0.4, 0.5) is 0 Å². The number of morpholine rings is 1. The summed E-state index contributed by atoms with van der Waals surface area (Å²) in [6.07, 6.45) is 1.04. The van der Waals surface area contributed by atoms with E-state index in [4.69, 9.17) is 15.0 Å². The molecule has 1 amide bonds. The molecule has 1 aromatic heterocycles. The second-order valence-electron chi connectivity index (χ2n) is 4.35. The highest BCUT2D eigenvalue weighted by molar-refractivity contribution is 5.90. The van der Waals surface area contributed by atoms with Gasteiger partial charge in [0.1, 0.15) is 5.76 Å². The SMILES string of the molecule is CCC1COCCN1Cc1ccc(C(=O)NN)o1. The summed E-state index contributed by atoms with van der Waals surface area (Å²) >= 11 is 0. The molecule has 0 aromatic carbocycles. The summed E-state index contributed by atoms with van der Waals surface area (Å²) in [7, 11) is 0. The number of hydrogen-bond donors (Lipinski definition) is 2. The number of hydrogen-bond acceptors (Lipinski definition) is 5. The van der Waals surface area contributed by atoms with Gasteiger partial charge in [0.2, 0.25) is 0 Å². The monoisotopic (exact) mass is 253 g/mol. The lowest BCUT2D eigenvalue weighted by Crippen LogP contribution is -2.44. The highest BCUT2D eigenvalue weighted by atomic mass is 16.5. The molecule has 1 aromatic rings. The van der Waals surface area contributed by atoms with Gasteiger partial charge in [0.15, 0.2) is 5.76 Å². The van der Waals surface area contributed by atoms with Gasteiger partial charge in [-0.3, -0.25) is 15.1 Å². The van der Waals surface area contributed by atoms with Crippen molar-refractivity contribution in [1.29, 1.82) is 0 Å². The van der Waals surface area contributed by atoms with E-state index in [-0.39, 0.29) is 5.76 Å². The van der Waals surface area contributed by atoms with Crippen LogP contribution in [0.1, 0.15) is 29.7 Å². The van der Waals surface area contributed by atoms with Crippen LogP contribution < -0.4 is 11.3 Å². The lowest BCUT2D eigenvalue weighted by Gasteiger charge is -2.34. The molecule has 0 saturated carbocycles. The molecule has 18 heavy (non-hydrogen) atoms. The van der Waals surface area contributed by atoms with Crippen molar-refractivity contribution in [2.75, 3.05) is 19.8 Å². The maximum absolute atomic E-state index is 11.3. The molecule has 3 N–H and O–H groups in total. The van der Waals surface area contributed by atoms with Crippen LogP contribution in [0, 0.1) is 0 Å². The molecule has 6 nitrogen and oxygen atoms in total. The van der Waals surface area contributed by atoms with Crippen molar-refractivity contribution < 1.29 is 13.9 Å². The van der Waals surface area contributed by atoms with Crippen LogP contribution in [-0.4, -0.2) is 36.6 Å². The fraction of sp³-hybridized carbons (Fsp3) is 0.583. The summed E-state index contributed by atoms with van der Waals surface area (Å²) in [6.45, 7) is 5.22. The Morgan fingerprint density at radius 3 is 3.17 bits per heavy atom. The molecule has 1 unspecified atom stereocenters. The number of rotatable bonds is 4. The molecule has 100 valence electrons. The van der Waals surface area contributed by atoms with Gasteiger partial charge in [-0.1, -0.05) is 6.92 Å². The smallest absolute Gasteiger partial charge is 0.300 e. The molecule has 1 atom stereocenters. The van der Waals surface area contributed by atoms with Crippen molar-refractivity contribution in [2.24, 2.45) is 5.84 Å². The average Bonchev–Trinajstić information content (AvgIpc) is 2.87. The molecular weight excluding hydrogens is 234 g/mol. The highest BCUT2D eigenvalue weighted by Gasteiger charge is 2.22. The van der Waals surface area contributed by atoms with Gasteiger partial charge in [-0.05, 0) is 18.6 Å². The Labute approximate surface area is 106 Å². The van der Waals surface area contributed by atoms with Crippen molar-refractivity contribution in [1.82, 2.24) is 10.3 Å². The van der Waals surface area contributed by atoms with E-state index < -0.39 is 5.91 Å². The summed E-state index contributed by atoms with van der Waals surface area (Å²) in [5.41, 5.74) is 2.05. The van der Waals surface area contributed by atoms with E-state index in [9.17, 15) is 4.79 Å². The third kappa shape index (κ3) is 2.90. The Kier molecular flexibility index (Phi) is 4.35. The number of nitrogens with one attached hydrogen (secondary N) is 1. The third-order valence-corrected chi connectivity index (χ3v) is 3.20. The number of hydrazine groups is 1. The minimum absolute atomic E-state index is 0.244. The van der Waals surface area contributed by atoms with Crippen molar-refractivity contribution in [3.63, 3.8) is 0 Å². The van der Waals surface area contributed by atoms with Crippen molar-refractivity contribution in [3.05, 3.63) is 23.7 Å². The number of carbonyl (C=O) groups excluding carboxylic acids is 1. The quantitative estimate of drug-likeness (QED) is 0.464. The molecule has 1 aliphatic heterocycles. The van der Waals surface area contributed by atoms with Gasteiger partial charge < -0.3 is 9.15 Å². The zero-order chi connectivity index (χ0) is 13.0. The highest BCUT2D eigenvalue weighted by Crippen LogP contribution is 2.16. The molecule has 2 heterocycles. The van der Waals surface area contributed by atoms with E-state index in [1.165, 1.54) is 0 Å². The first-order valence-corrected chi connectivity index (χ1v) is 6.16. The molecule has 0 radical (unpaired) electrons. The molecular formula is C12H19N3O3. The lowest BCUT2D eigenvalue weighted by molar-refractivity contribution is -0.0154. The summed E-state index contributed by atoms with van der Waals surface area (Å²) in [4.78, 5) is 13.6. The zero-order valence-electron chi connectivity index (χ0n) is 10.5. The van der Waals surface area contributed by atoms with Crippen LogP contribution in [0.3, 0.4) is 0 Å². The Hall–Kier alpha value is -1.37. The van der Waals surface area contributed by atoms with Crippen molar-refractivity contribution in [2.45, 2.75) is 25.9 Å². The predicted molar refractivity (Wildman–Crippen MR) is 65.7 cm³/mol. The van der Waals surface area contributed by atoms with Crippen LogP contribution in [-0.2, 0) is 11.3 Å². The van der Waals surface area contributed by atoms with Gasteiger partial charge in [0.25, 0.3) is 0 Å². The molecule has 2 rings (SSSR count). The van der Waals surface area contributed by atoms with Crippen LogP contribution in [0.15, 0.2) is 16.5 Å².